The van der Waals surface area contributed by atoms with Crippen LogP contribution in [0.25, 0.3) is 0 Å². The first-order chi connectivity index (χ1) is 15.3. The summed E-state index contributed by atoms with van der Waals surface area (Å²) < 4.78 is 44.2. The van der Waals surface area contributed by atoms with Crippen LogP contribution in [0.15, 0.2) is 48.5 Å². The third kappa shape index (κ3) is 4.70. The lowest BCUT2D eigenvalue weighted by molar-refractivity contribution is -0.145. The maximum atomic E-state index is 13.6. The Kier molecular flexibility index (Phi) is 6.61. The number of piperidine rings is 1. The van der Waals surface area contributed by atoms with E-state index in [1.54, 1.807) is 0 Å². The van der Waals surface area contributed by atoms with Crippen molar-refractivity contribution in [1.29, 1.82) is 0 Å². The molecular formula is C26H30F3NO2. The van der Waals surface area contributed by atoms with Gasteiger partial charge < -0.3 is 9.64 Å². The lowest BCUT2D eigenvalue weighted by atomic mass is 9.63. The van der Waals surface area contributed by atoms with Crippen LogP contribution in [0.3, 0.4) is 0 Å². The highest BCUT2D eigenvalue weighted by molar-refractivity contribution is 5.89. The highest BCUT2D eigenvalue weighted by Gasteiger charge is 2.48. The predicted molar refractivity (Wildman–Crippen MR) is 117 cm³/mol. The van der Waals surface area contributed by atoms with Crippen molar-refractivity contribution in [1.82, 2.24) is 4.90 Å². The van der Waals surface area contributed by atoms with Crippen molar-refractivity contribution in [2.45, 2.75) is 69.8 Å². The number of halogens is 3. The number of hydrogen-bond donors (Lipinski definition) is 0. The van der Waals surface area contributed by atoms with Gasteiger partial charge in [0.25, 0.3) is 0 Å². The van der Waals surface area contributed by atoms with Crippen molar-refractivity contribution in [3.05, 3.63) is 70.8 Å². The normalized spacial score (nSPS) is 20.6. The molecule has 6 heteroatoms. The van der Waals surface area contributed by atoms with Gasteiger partial charge >= 0.3 is 6.18 Å². The quantitative estimate of drug-likeness (QED) is 0.554. The first-order valence-corrected chi connectivity index (χ1v) is 11.5. The molecule has 1 atom stereocenters. The van der Waals surface area contributed by atoms with E-state index in [4.69, 9.17) is 4.74 Å². The number of carbonyl (C=O) groups is 1. The Hall–Kier alpha value is -2.34. The molecule has 1 unspecified atom stereocenters. The van der Waals surface area contributed by atoms with E-state index in [1.807, 2.05) is 4.90 Å². The van der Waals surface area contributed by atoms with Crippen LogP contribution in [0.5, 0.6) is 0 Å². The summed E-state index contributed by atoms with van der Waals surface area (Å²) in [7, 11) is 0. The molecule has 1 amide bonds. The Balaban J connectivity index is 1.38. The highest BCUT2D eigenvalue weighted by atomic mass is 19.4. The van der Waals surface area contributed by atoms with Crippen molar-refractivity contribution in [3.8, 4) is 0 Å². The Morgan fingerprint density at radius 2 is 1.69 bits per heavy atom. The number of hydrogen-bond acceptors (Lipinski definition) is 2. The smallest absolute Gasteiger partial charge is 0.372 e. The van der Waals surface area contributed by atoms with Crippen LogP contribution in [-0.4, -0.2) is 30.0 Å². The van der Waals surface area contributed by atoms with Gasteiger partial charge in [-0.25, -0.2) is 0 Å². The van der Waals surface area contributed by atoms with E-state index in [9.17, 15) is 18.0 Å². The molecule has 2 fully saturated rings. The summed E-state index contributed by atoms with van der Waals surface area (Å²) in [6, 6.07) is 13.5. The summed E-state index contributed by atoms with van der Waals surface area (Å²) in [5.74, 6) is 0.191. The number of ether oxygens (including phenoxy) is 1. The molecule has 0 aromatic heterocycles. The fourth-order valence-corrected chi connectivity index (χ4v) is 4.78. The highest BCUT2D eigenvalue weighted by Crippen LogP contribution is 2.45. The fraction of sp³-hybridized carbons (Fsp3) is 0.500. The van der Waals surface area contributed by atoms with Crippen LogP contribution in [0.2, 0.25) is 0 Å². The lowest BCUT2D eigenvalue weighted by Crippen LogP contribution is -2.54. The number of aryl methyl sites for hydroxylation is 1. The van der Waals surface area contributed by atoms with Gasteiger partial charge in [-0.1, -0.05) is 49.7 Å². The number of carbonyl (C=O) groups excluding carboxylic acids is 1. The van der Waals surface area contributed by atoms with Gasteiger partial charge in [0.2, 0.25) is 5.91 Å². The summed E-state index contributed by atoms with van der Waals surface area (Å²) in [4.78, 5) is 15.5. The average molecular weight is 446 g/mol. The summed E-state index contributed by atoms with van der Waals surface area (Å²) in [5.41, 5.74) is 2.01. The van der Waals surface area contributed by atoms with E-state index < -0.39 is 17.2 Å². The molecule has 1 saturated carbocycles. The summed E-state index contributed by atoms with van der Waals surface area (Å²) in [5, 5.41) is 0. The fourth-order valence-electron chi connectivity index (χ4n) is 4.78. The van der Waals surface area contributed by atoms with Crippen LogP contribution in [0.1, 0.15) is 61.3 Å². The van der Waals surface area contributed by atoms with Gasteiger partial charge in [0.15, 0.2) is 0 Å². The van der Waals surface area contributed by atoms with E-state index in [2.05, 4.69) is 31.2 Å². The average Bonchev–Trinajstić information content (AvgIpc) is 2.77. The van der Waals surface area contributed by atoms with E-state index in [0.717, 1.165) is 62.8 Å². The zero-order chi connectivity index (χ0) is 22.8. The zero-order valence-electron chi connectivity index (χ0n) is 18.5. The molecule has 172 valence electrons. The van der Waals surface area contributed by atoms with Crippen LogP contribution >= 0.6 is 0 Å². The molecule has 0 N–H and O–H groups in total. The molecule has 2 aromatic carbocycles. The minimum Gasteiger partial charge on any atom is -0.372 e. The summed E-state index contributed by atoms with van der Waals surface area (Å²) in [6.07, 6.45) is 1.08. The van der Waals surface area contributed by atoms with Gasteiger partial charge in [-0.15, -0.1) is 0 Å². The Morgan fingerprint density at radius 1 is 1.03 bits per heavy atom. The molecule has 32 heavy (non-hydrogen) atoms. The van der Waals surface area contributed by atoms with Crippen molar-refractivity contribution in [2.24, 2.45) is 0 Å². The van der Waals surface area contributed by atoms with Gasteiger partial charge in [-0.2, -0.15) is 13.2 Å². The number of rotatable bonds is 6. The lowest BCUT2D eigenvalue weighted by Gasteiger charge is -2.46. The molecule has 0 radical (unpaired) electrons. The molecule has 0 spiro atoms. The second-order valence-corrected chi connectivity index (χ2v) is 9.01. The second-order valence-electron chi connectivity index (χ2n) is 9.01. The Labute approximate surface area is 187 Å². The largest absolute Gasteiger partial charge is 0.416 e. The van der Waals surface area contributed by atoms with Gasteiger partial charge in [0, 0.05) is 13.1 Å². The van der Waals surface area contributed by atoms with E-state index >= 15 is 0 Å². The SMILES string of the molecule is CCc1ccc(C2(C(=O)N3CCCC(OCc4ccc(C(F)(F)F)cc4)C3)CCC2)cc1. The first-order valence-electron chi connectivity index (χ1n) is 11.5. The van der Waals surface area contributed by atoms with Crippen molar-refractivity contribution in [3.63, 3.8) is 0 Å². The molecule has 3 nitrogen and oxygen atoms in total. The third-order valence-electron chi connectivity index (χ3n) is 6.96. The van der Waals surface area contributed by atoms with Crippen molar-refractivity contribution >= 4 is 5.91 Å². The standard InChI is InChI=1S/C26H30F3NO2/c1-2-19-6-10-21(11-7-19)25(14-4-15-25)24(31)30-16-3-5-23(17-30)32-18-20-8-12-22(13-9-20)26(27,28)29/h6-13,23H,2-5,14-18H2,1H3. The molecule has 1 saturated heterocycles. The van der Waals surface area contributed by atoms with E-state index in [1.165, 1.54) is 17.7 Å². The van der Waals surface area contributed by atoms with Gasteiger partial charge in [0.05, 0.1) is 23.7 Å². The molecule has 2 aromatic rings. The molecule has 2 aliphatic rings. The predicted octanol–water partition coefficient (Wildman–Crippen LogP) is 5.90. The van der Waals surface area contributed by atoms with E-state index in [-0.39, 0.29) is 18.6 Å². The maximum Gasteiger partial charge on any atom is 0.416 e. The Morgan fingerprint density at radius 3 is 2.25 bits per heavy atom. The van der Waals surface area contributed by atoms with Crippen LogP contribution < -0.4 is 0 Å². The number of alkyl halides is 3. The van der Waals surface area contributed by atoms with Gasteiger partial charge in [0.1, 0.15) is 0 Å². The topological polar surface area (TPSA) is 29.5 Å². The number of amides is 1. The van der Waals surface area contributed by atoms with Crippen molar-refractivity contribution in [2.75, 3.05) is 13.1 Å². The summed E-state index contributed by atoms with van der Waals surface area (Å²) in [6.45, 7) is 3.63. The Bertz CT molecular complexity index is 918. The first kappa shape index (κ1) is 22.8. The molecule has 0 bridgehead atoms. The van der Waals surface area contributed by atoms with Gasteiger partial charge in [-0.05, 0) is 60.9 Å². The zero-order valence-corrected chi connectivity index (χ0v) is 18.5. The van der Waals surface area contributed by atoms with Gasteiger partial charge in [-0.3, -0.25) is 4.79 Å². The monoisotopic (exact) mass is 445 g/mol. The molecule has 1 aliphatic heterocycles. The number of nitrogens with zero attached hydrogens (tertiary/aromatic N) is 1. The van der Waals surface area contributed by atoms with E-state index in [0.29, 0.717) is 12.1 Å². The minimum atomic E-state index is -4.34. The maximum absolute atomic E-state index is 13.6. The van der Waals surface area contributed by atoms with Crippen LogP contribution in [0, 0.1) is 0 Å². The molecule has 1 heterocycles. The third-order valence-corrected chi connectivity index (χ3v) is 6.96. The van der Waals surface area contributed by atoms with Crippen molar-refractivity contribution < 1.29 is 22.7 Å². The van der Waals surface area contributed by atoms with Crippen LogP contribution in [0.4, 0.5) is 13.2 Å². The second kappa shape index (κ2) is 9.26. The minimum absolute atomic E-state index is 0.102. The molecular weight excluding hydrogens is 415 g/mol. The summed E-state index contributed by atoms with van der Waals surface area (Å²) >= 11 is 0. The van der Waals surface area contributed by atoms with Crippen LogP contribution in [-0.2, 0) is 34.2 Å². The molecule has 1 aliphatic carbocycles. The number of likely N-dealkylation sites (tertiary alicyclic amines) is 1. The molecule has 4 rings (SSSR count). The number of benzene rings is 2.